The summed E-state index contributed by atoms with van der Waals surface area (Å²) in [6.45, 7) is 2.99. The summed E-state index contributed by atoms with van der Waals surface area (Å²) < 4.78 is 17.1. The molecule has 3 rings (SSSR count). The van der Waals surface area contributed by atoms with E-state index in [9.17, 15) is 0 Å². The first kappa shape index (κ1) is 13.4. The highest BCUT2D eigenvalue weighted by atomic mass is 79.9. The van der Waals surface area contributed by atoms with Gasteiger partial charge in [0.25, 0.3) is 0 Å². The van der Waals surface area contributed by atoms with E-state index < -0.39 is 6.04 Å². The first-order valence-corrected chi connectivity index (χ1v) is 7.09. The number of benzene rings is 1. The van der Waals surface area contributed by atoms with E-state index in [0.717, 1.165) is 16.5 Å². The molecular formula is C13H14BrN3O3. The Morgan fingerprint density at radius 1 is 1.30 bits per heavy atom. The molecule has 1 unspecified atom stereocenters. The van der Waals surface area contributed by atoms with Crippen LogP contribution in [-0.2, 0) is 0 Å². The maximum absolute atomic E-state index is 6.17. The van der Waals surface area contributed by atoms with Crippen LogP contribution < -0.4 is 15.2 Å². The average molecular weight is 340 g/mol. The van der Waals surface area contributed by atoms with Gasteiger partial charge in [-0.15, -0.1) is 0 Å². The fraction of sp³-hybridized carbons (Fsp3) is 0.385. The van der Waals surface area contributed by atoms with Crippen LogP contribution in [0.4, 0.5) is 0 Å². The Morgan fingerprint density at radius 3 is 2.85 bits per heavy atom. The molecule has 2 N–H and O–H groups in total. The predicted molar refractivity (Wildman–Crippen MR) is 74.8 cm³/mol. The molecule has 0 saturated carbocycles. The summed E-state index contributed by atoms with van der Waals surface area (Å²) in [5.41, 5.74) is 7.00. The van der Waals surface area contributed by atoms with Gasteiger partial charge in [-0.1, -0.05) is 5.16 Å². The van der Waals surface area contributed by atoms with E-state index in [-0.39, 0.29) is 0 Å². The zero-order valence-corrected chi connectivity index (χ0v) is 12.5. The summed E-state index contributed by atoms with van der Waals surface area (Å²) in [4.78, 5) is 4.16. The lowest BCUT2D eigenvalue weighted by Crippen LogP contribution is -2.14. The van der Waals surface area contributed by atoms with Crippen LogP contribution in [0.1, 0.15) is 29.7 Å². The SMILES string of the molecule is Cc1nc(C(N)c2cc(Br)c3c(c2)OCCCO3)no1. The van der Waals surface area contributed by atoms with Crippen molar-refractivity contribution in [3.05, 3.63) is 33.9 Å². The molecule has 0 fully saturated rings. The van der Waals surface area contributed by atoms with Crippen LogP contribution in [0.2, 0.25) is 0 Å². The largest absolute Gasteiger partial charge is 0.490 e. The molecule has 2 heterocycles. The van der Waals surface area contributed by atoms with E-state index in [4.69, 9.17) is 19.7 Å². The Bertz CT molecular complexity index is 629. The van der Waals surface area contributed by atoms with Gasteiger partial charge in [-0.2, -0.15) is 4.98 Å². The van der Waals surface area contributed by atoms with E-state index in [0.29, 0.717) is 36.4 Å². The highest BCUT2D eigenvalue weighted by Gasteiger charge is 2.21. The molecule has 1 aliphatic rings. The molecule has 106 valence electrons. The topological polar surface area (TPSA) is 83.4 Å². The monoisotopic (exact) mass is 339 g/mol. The molecule has 0 saturated heterocycles. The van der Waals surface area contributed by atoms with Crippen LogP contribution in [0.25, 0.3) is 0 Å². The van der Waals surface area contributed by atoms with Crippen molar-refractivity contribution in [3.63, 3.8) is 0 Å². The lowest BCUT2D eigenvalue weighted by molar-refractivity contribution is 0.296. The van der Waals surface area contributed by atoms with Crippen molar-refractivity contribution in [1.29, 1.82) is 0 Å². The lowest BCUT2D eigenvalue weighted by Gasteiger charge is -2.14. The fourth-order valence-electron chi connectivity index (χ4n) is 2.02. The van der Waals surface area contributed by atoms with Crippen LogP contribution >= 0.6 is 15.9 Å². The molecule has 0 bridgehead atoms. The first-order chi connectivity index (χ1) is 9.65. The molecule has 2 aromatic rings. The number of nitrogens with zero attached hydrogens (tertiary/aromatic N) is 2. The van der Waals surface area contributed by atoms with Crippen molar-refractivity contribution in [2.24, 2.45) is 5.73 Å². The smallest absolute Gasteiger partial charge is 0.223 e. The summed E-state index contributed by atoms with van der Waals surface area (Å²) in [6.07, 6.45) is 0.854. The third-order valence-corrected chi connectivity index (χ3v) is 3.59. The van der Waals surface area contributed by atoms with Gasteiger partial charge in [0.1, 0.15) is 0 Å². The van der Waals surface area contributed by atoms with Gasteiger partial charge in [0.05, 0.1) is 23.7 Å². The number of hydrogen-bond acceptors (Lipinski definition) is 6. The molecule has 1 aromatic carbocycles. The van der Waals surface area contributed by atoms with E-state index in [1.54, 1.807) is 6.92 Å². The Kier molecular flexibility index (Phi) is 3.62. The van der Waals surface area contributed by atoms with Gasteiger partial charge in [-0.05, 0) is 33.6 Å². The second-order valence-electron chi connectivity index (χ2n) is 4.53. The summed E-state index contributed by atoms with van der Waals surface area (Å²) in [7, 11) is 0. The maximum atomic E-state index is 6.17. The van der Waals surface area contributed by atoms with E-state index in [1.807, 2.05) is 12.1 Å². The molecule has 7 heteroatoms. The van der Waals surface area contributed by atoms with Gasteiger partial charge >= 0.3 is 0 Å². The quantitative estimate of drug-likeness (QED) is 0.904. The molecule has 6 nitrogen and oxygen atoms in total. The van der Waals surface area contributed by atoms with Gasteiger partial charge < -0.3 is 19.7 Å². The van der Waals surface area contributed by atoms with E-state index in [2.05, 4.69) is 26.1 Å². The van der Waals surface area contributed by atoms with Crippen molar-refractivity contribution < 1.29 is 14.0 Å². The number of aryl methyl sites for hydroxylation is 1. The first-order valence-electron chi connectivity index (χ1n) is 6.30. The lowest BCUT2D eigenvalue weighted by atomic mass is 10.1. The Balaban J connectivity index is 1.98. The van der Waals surface area contributed by atoms with Gasteiger partial charge in [0, 0.05) is 13.3 Å². The molecule has 1 aliphatic heterocycles. The zero-order valence-electron chi connectivity index (χ0n) is 10.9. The van der Waals surface area contributed by atoms with Gasteiger partial charge in [0.15, 0.2) is 17.3 Å². The molecule has 1 aromatic heterocycles. The minimum atomic E-state index is -0.471. The zero-order chi connectivity index (χ0) is 14.1. The highest BCUT2D eigenvalue weighted by Crippen LogP contribution is 2.39. The second kappa shape index (κ2) is 5.41. The van der Waals surface area contributed by atoms with Crippen LogP contribution in [-0.4, -0.2) is 23.4 Å². The third kappa shape index (κ3) is 2.51. The second-order valence-corrected chi connectivity index (χ2v) is 5.38. The molecular weight excluding hydrogens is 326 g/mol. The number of hydrogen-bond donors (Lipinski definition) is 1. The van der Waals surface area contributed by atoms with Crippen molar-refractivity contribution >= 4 is 15.9 Å². The number of ether oxygens (including phenoxy) is 2. The Morgan fingerprint density at radius 2 is 2.10 bits per heavy atom. The minimum absolute atomic E-state index is 0.448. The fourth-order valence-corrected chi connectivity index (χ4v) is 2.59. The predicted octanol–water partition coefficient (Wildman–Crippen LogP) is 2.35. The van der Waals surface area contributed by atoms with E-state index >= 15 is 0 Å². The highest BCUT2D eigenvalue weighted by molar-refractivity contribution is 9.10. The molecule has 0 amide bonds. The number of aromatic nitrogens is 2. The molecule has 0 spiro atoms. The standard InChI is InChI=1S/C13H14BrN3O3/c1-7-16-13(17-20-7)11(15)8-5-9(14)12-10(6-8)18-3-2-4-19-12/h5-6,11H,2-4,15H2,1H3. The molecule has 20 heavy (non-hydrogen) atoms. The summed E-state index contributed by atoms with van der Waals surface area (Å²) in [5, 5.41) is 3.85. The summed E-state index contributed by atoms with van der Waals surface area (Å²) in [5.74, 6) is 2.33. The number of fused-ring (bicyclic) bond motifs is 1. The molecule has 1 atom stereocenters. The van der Waals surface area contributed by atoms with Crippen LogP contribution in [0.3, 0.4) is 0 Å². The Hall–Kier alpha value is -1.60. The molecule has 0 aliphatic carbocycles. The third-order valence-electron chi connectivity index (χ3n) is 3.01. The number of halogens is 1. The average Bonchev–Trinajstić information content (AvgIpc) is 2.72. The number of rotatable bonds is 2. The van der Waals surface area contributed by atoms with Crippen LogP contribution in [0.15, 0.2) is 21.1 Å². The maximum Gasteiger partial charge on any atom is 0.223 e. The normalized spacial score (nSPS) is 15.8. The van der Waals surface area contributed by atoms with Crippen molar-refractivity contribution in [1.82, 2.24) is 10.1 Å². The summed E-state index contributed by atoms with van der Waals surface area (Å²) in [6, 6.07) is 3.28. The minimum Gasteiger partial charge on any atom is -0.490 e. The van der Waals surface area contributed by atoms with Crippen molar-refractivity contribution in [2.45, 2.75) is 19.4 Å². The van der Waals surface area contributed by atoms with Crippen molar-refractivity contribution in [2.75, 3.05) is 13.2 Å². The van der Waals surface area contributed by atoms with Crippen molar-refractivity contribution in [3.8, 4) is 11.5 Å². The number of nitrogens with two attached hydrogens (primary N) is 1. The van der Waals surface area contributed by atoms with Crippen LogP contribution in [0.5, 0.6) is 11.5 Å². The molecule has 0 radical (unpaired) electrons. The van der Waals surface area contributed by atoms with Gasteiger partial charge in [-0.3, -0.25) is 0 Å². The van der Waals surface area contributed by atoms with E-state index in [1.165, 1.54) is 0 Å². The van der Waals surface area contributed by atoms with Gasteiger partial charge in [0.2, 0.25) is 5.89 Å². The van der Waals surface area contributed by atoms with Crippen LogP contribution in [0, 0.1) is 6.92 Å². The van der Waals surface area contributed by atoms with Gasteiger partial charge in [-0.25, -0.2) is 0 Å². The summed E-state index contributed by atoms with van der Waals surface area (Å²) >= 11 is 3.49. The Labute approximate surface area is 124 Å².